The Kier molecular flexibility index (Phi) is 5.60. The van der Waals surface area contributed by atoms with E-state index in [-0.39, 0.29) is 12.3 Å². The molecule has 0 saturated carbocycles. The second-order valence-electron chi connectivity index (χ2n) is 5.18. The first kappa shape index (κ1) is 16.8. The van der Waals surface area contributed by atoms with Crippen molar-refractivity contribution in [2.24, 2.45) is 5.73 Å². The van der Waals surface area contributed by atoms with Gasteiger partial charge in [0.05, 0.1) is 12.5 Å². The second kappa shape index (κ2) is 7.65. The Morgan fingerprint density at radius 3 is 2.52 bits per heavy atom. The van der Waals surface area contributed by atoms with E-state index >= 15 is 0 Å². The van der Waals surface area contributed by atoms with Crippen LogP contribution in [0.25, 0.3) is 0 Å². The Morgan fingerprint density at radius 2 is 1.87 bits per heavy atom. The lowest BCUT2D eigenvalue weighted by molar-refractivity contribution is -0.116. The maximum Gasteiger partial charge on any atom is 0.312 e. The first-order valence-corrected chi connectivity index (χ1v) is 7.50. The van der Waals surface area contributed by atoms with Gasteiger partial charge in [-0.15, -0.1) is 0 Å². The maximum absolute atomic E-state index is 12.3. The molecule has 1 unspecified atom stereocenters. The van der Waals surface area contributed by atoms with Gasteiger partial charge in [-0.1, -0.05) is 48.0 Å². The fourth-order valence-corrected chi connectivity index (χ4v) is 2.40. The topological polar surface area (TPSA) is 84.2 Å². The third kappa shape index (κ3) is 5.00. The zero-order chi connectivity index (χ0) is 16.8. The minimum Gasteiger partial charge on any atom is -0.352 e. The SMILES string of the molecule is Cc1ccc(Cl)cc1NC(=O)CC(NC(N)=O)c1ccccc1. The Hall–Kier alpha value is -2.53. The Bertz CT molecular complexity index is 704. The summed E-state index contributed by atoms with van der Waals surface area (Å²) in [5.74, 6) is -0.238. The van der Waals surface area contributed by atoms with Crippen molar-refractivity contribution in [1.29, 1.82) is 0 Å². The first-order chi connectivity index (χ1) is 11.0. The zero-order valence-corrected chi connectivity index (χ0v) is 13.4. The number of benzene rings is 2. The van der Waals surface area contributed by atoms with Crippen molar-refractivity contribution in [3.8, 4) is 0 Å². The van der Waals surface area contributed by atoms with Crippen LogP contribution in [-0.4, -0.2) is 11.9 Å². The molecule has 0 aliphatic carbocycles. The molecular weight excluding hydrogens is 314 g/mol. The zero-order valence-electron chi connectivity index (χ0n) is 12.7. The van der Waals surface area contributed by atoms with Crippen molar-refractivity contribution in [1.82, 2.24) is 5.32 Å². The minimum atomic E-state index is -0.675. The molecule has 0 aliphatic heterocycles. The third-order valence-corrected chi connectivity index (χ3v) is 3.62. The summed E-state index contributed by atoms with van der Waals surface area (Å²) in [6.07, 6.45) is 0.0684. The predicted molar refractivity (Wildman–Crippen MR) is 91.3 cm³/mol. The smallest absolute Gasteiger partial charge is 0.312 e. The average Bonchev–Trinajstić information content (AvgIpc) is 2.51. The summed E-state index contributed by atoms with van der Waals surface area (Å²) in [6.45, 7) is 1.88. The van der Waals surface area contributed by atoms with Gasteiger partial charge in [-0.05, 0) is 30.2 Å². The van der Waals surface area contributed by atoms with Crippen molar-refractivity contribution in [3.05, 3.63) is 64.7 Å². The Morgan fingerprint density at radius 1 is 1.17 bits per heavy atom. The normalized spacial score (nSPS) is 11.6. The number of nitrogens with two attached hydrogens (primary N) is 1. The second-order valence-corrected chi connectivity index (χ2v) is 5.62. The van der Waals surface area contributed by atoms with Crippen LogP contribution in [-0.2, 0) is 4.79 Å². The van der Waals surface area contributed by atoms with Crippen LogP contribution in [0.4, 0.5) is 10.5 Å². The predicted octanol–water partition coefficient (Wildman–Crippen LogP) is 3.39. The molecule has 0 saturated heterocycles. The number of aryl methyl sites for hydroxylation is 1. The maximum atomic E-state index is 12.3. The van der Waals surface area contributed by atoms with E-state index < -0.39 is 12.1 Å². The lowest BCUT2D eigenvalue weighted by Gasteiger charge is -2.18. The van der Waals surface area contributed by atoms with Crippen LogP contribution >= 0.6 is 11.6 Å². The highest BCUT2D eigenvalue weighted by Crippen LogP contribution is 2.22. The van der Waals surface area contributed by atoms with E-state index in [4.69, 9.17) is 17.3 Å². The van der Waals surface area contributed by atoms with Gasteiger partial charge >= 0.3 is 6.03 Å². The van der Waals surface area contributed by atoms with Gasteiger partial charge in [0, 0.05) is 10.7 Å². The highest BCUT2D eigenvalue weighted by molar-refractivity contribution is 6.31. The molecule has 0 fully saturated rings. The molecule has 2 rings (SSSR count). The number of amides is 3. The molecule has 0 spiro atoms. The number of urea groups is 1. The van der Waals surface area contributed by atoms with Crippen molar-refractivity contribution in [3.63, 3.8) is 0 Å². The number of halogens is 1. The van der Waals surface area contributed by atoms with Crippen molar-refractivity contribution < 1.29 is 9.59 Å². The number of anilines is 1. The van der Waals surface area contributed by atoms with Gasteiger partial charge in [0.1, 0.15) is 0 Å². The van der Waals surface area contributed by atoms with E-state index in [9.17, 15) is 9.59 Å². The van der Waals surface area contributed by atoms with E-state index in [1.54, 1.807) is 12.1 Å². The monoisotopic (exact) mass is 331 g/mol. The summed E-state index contributed by atoms with van der Waals surface area (Å²) in [4.78, 5) is 23.5. The average molecular weight is 332 g/mol. The molecule has 5 nitrogen and oxygen atoms in total. The molecule has 1 atom stereocenters. The molecule has 6 heteroatoms. The molecular formula is C17H18ClN3O2. The van der Waals surface area contributed by atoms with Crippen LogP contribution in [0, 0.1) is 6.92 Å². The Labute approximate surface area is 139 Å². The van der Waals surface area contributed by atoms with Crippen molar-refractivity contribution in [2.75, 3.05) is 5.32 Å². The Balaban J connectivity index is 2.11. The third-order valence-electron chi connectivity index (χ3n) is 3.38. The van der Waals surface area contributed by atoms with E-state index in [0.29, 0.717) is 10.7 Å². The lowest BCUT2D eigenvalue weighted by Crippen LogP contribution is -2.35. The molecule has 0 heterocycles. The van der Waals surface area contributed by atoms with Gasteiger partial charge in [-0.2, -0.15) is 0 Å². The van der Waals surface area contributed by atoms with Gasteiger partial charge in [-0.25, -0.2) is 4.79 Å². The van der Waals surface area contributed by atoms with Crippen LogP contribution in [0.15, 0.2) is 48.5 Å². The summed E-state index contributed by atoms with van der Waals surface area (Å²) < 4.78 is 0. The number of nitrogens with one attached hydrogen (secondary N) is 2. The van der Waals surface area contributed by atoms with Crippen molar-refractivity contribution in [2.45, 2.75) is 19.4 Å². The highest BCUT2D eigenvalue weighted by Gasteiger charge is 2.17. The summed E-state index contributed by atoms with van der Waals surface area (Å²) in [6, 6.07) is 13.3. The van der Waals surface area contributed by atoms with Crippen LogP contribution < -0.4 is 16.4 Å². The van der Waals surface area contributed by atoms with E-state index in [1.807, 2.05) is 43.3 Å². The molecule has 0 aromatic heterocycles. The molecule has 0 bridgehead atoms. The molecule has 3 amide bonds. The van der Waals surface area contributed by atoms with Gasteiger partial charge in [0.25, 0.3) is 0 Å². The fraction of sp³-hybridized carbons (Fsp3) is 0.176. The summed E-state index contributed by atoms with van der Waals surface area (Å²) in [7, 11) is 0. The van der Waals surface area contributed by atoms with Crippen LogP contribution in [0.2, 0.25) is 5.02 Å². The van der Waals surface area contributed by atoms with Crippen LogP contribution in [0.3, 0.4) is 0 Å². The summed E-state index contributed by atoms with van der Waals surface area (Å²) in [5, 5.41) is 5.94. The van der Waals surface area contributed by atoms with Gasteiger partial charge in [0.2, 0.25) is 5.91 Å². The summed E-state index contributed by atoms with van der Waals surface area (Å²) >= 11 is 5.95. The largest absolute Gasteiger partial charge is 0.352 e. The minimum absolute atomic E-state index is 0.0684. The van der Waals surface area contributed by atoms with Crippen LogP contribution in [0.5, 0.6) is 0 Å². The van der Waals surface area contributed by atoms with Crippen LogP contribution in [0.1, 0.15) is 23.6 Å². The molecule has 23 heavy (non-hydrogen) atoms. The molecule has 2 aromatic rings. The quantitative estimate of drug-likeness (QED) is 0.784. The number of hydrogen-bond acceptors (Lipinski definition) is 2. The highest BCUT2D eigenvalue weighted by atomic mass is 35.5. The number of carbonyl (C=O) groups excluding carboxylic acids is 2. The lowest BCUT2D eigenvalue weighted by atomic mass is 10.0. The standard InChI is InChI=1S/C17H18ClN3O2/c1-11-7-8-13(18)9-14(11)20-16(22)10-15(21-17(19)23)12-5-3-2-4-6-12/h2-9,15H,10H2,1H3,(H,20,22)(H3,19,21,23). The van der Waals surface area contributed by atoms with Crippen molar-refractivity contribution >= 4 is 29.2 Å². The van der Waals surface area contributed by atoms with Gasteiger partial charge in [-0.3, -0.25) is 4.79 Å². The van der Waals surface area contributed by atoms with Gasteiger partial charge in [0.15, 0.2) is 0 Å². The molecule has 2 aromatic carbocycles. The van der Waals surface area contributed by atoms with E-state index in [1.165, 1.54) is 0 Å². The van der Waals surface area contributed by atoms with E-state index in [2.05, 4.69) is 10.6 Å². The first-order valence-electron chi connectivity index (χ1n) is 7.12. The molecule has 0 aliphatic rings. The van der Waals surface area contributed by atoms with E-state index in [0.717, 1.165) is 11.1 Å². The number of rotatable bonds is 5. The van der Waals surface area contributed by atoms with Gasteiger partial charge < -0.3 is 16.4 Å². The summed E-state index contributed by atoms with van der Waals surface area (Å²) in [5.41, 5.74) is 7.56. The molecule has 120 valence electrons. The molecule has 4 N–H and O–H groups in total. The fourth-order valence-electron chi connectivity index (χ4n) is 2.22. The molecule has 0 radical (unpaired) electrons. The number of primary amides is 1. The number of hydrogen-bond donors (Lipinski definition) is 3. The number of carbonyl (C=O) groups is 2.